The van der Waals surface area contributed by atoms with Crippen LogP contribution in [0.4, 0.5) is 0 Å². The van der Waals surface area contributed by atoms with Gasteiger partial charge in [0.2, 0.25) is 11.8 Å². The maximum absolute atomic E-state index is 12.4. The van der Waals surface area contributed by atoms with Gasteiger partial charge in [0.1, 0.15) is 5.76 Å². The van der Waals surface area contributed by atoms with Crippen molar-refractivity contribution in [1.29, 1.82) is 0 Å². The maximum atomic E-state index is 12.4. The predicted octanol–water partition coefficient (Wildman–Crippen LogP) is 2.49. The highest BCUT2D eigenvalue weighted by Crippen LogP contribution is 2.24. The lowest BCUT2D eigenvalue weighted by atomic mass is 10.1. The predicted molar refractivity (Wildman–Crippen MR) is 100 cm³/mol. The highest BCUT2D eigenvalue weighted by Gasteiger charge is 2.31. The van der Waals surface area contributed by atoms with Crippen molar-refractivity contribution in [2.75, 3.05) is 26.7 Å². The SMILES string of the molecule is CCN1CCN(Cc2nc(-c3ccc(C(=O)OC)cc3)oc2C)[C@@H](C)C1=O. The summed E-state index contributed by atoms with van der Waals surface area (Å²) in [6, 6.07) is 6.77. The minimum absolute atomic E-state index is 0.156. The summed E-state index contributed by atoms with van der Waals surface area (Å²) in [5, 5.41) is 0. The van der Waals surface area contributed by atoms with Gasteiger partial charge < -0.3 is 14.1 Å². The van der Waals surface area contributed by atoms with Crippen molar-refractivity contribution in [3.05, 3.63) is 41.3 Å². The fraction of sp³-hybridized carbons (Fsp3) is 0.450. The summed E-state index contributed by atoms with van der Waals surface area (Å²) < 4.78 is 10.5. The third kappa shape index (κ3) is 3.88. The summed E-state index contributed by atoms with van der Waals surface area (Å²) in [6.07, 6.45) is 0. The quantitative estimate of drug-likeness (QED) is 0.752. The first kappa shape index (κ1) is 19.1. The van der Waals surface area contributed by atoms with Gasteiger partial charge in [0.05, 0.1) is 24.4 Å². The van der Waals surface area contributed by atoms with Crippen molar-refractivity contribution in [2.45, 2.75) is 33.4 Å². The van der Waals surface area contributed by atoms with Crippen LogP contribution in [0.2, 0.25) is 0 Å². The van der Waals surface area contributed by atoms with Crippen LogP contribution in [0.3, 0.4) is 0 Å². The number of nitrogens with zero attached hydrogens (tertiary/aromatic N) is 3. The van der Waals surface area contributed by atoms with Crippen molar-refractivity contribution >= 4 is 11.9 Å². The van der Waals surface area contributed by atoms with Crippen molar-refractivity contribution < 1.29 is 18.7 Å². The van der Waals surface area contributed by atoms with E-state index in [0.29, 0.717) is 18.0 Å². The molecule has 7 nitrogen and oxygen atoms in total. The first-order valence-electron chi connectivity index (χ1n) is 9.12. The van der Waals surface area contributed by atoms with Gasteiger partial charge in [0.15, 0.2) is 0 Å². The number of carbonyl (C=O) groups is 2. The van der Waals surface area contributed by atoms with Crippen LogP contribution in [0, 0.1) is 6.92 Å². The molecule has 1 amide bonds. The normalized spacial score (nSPS) is 18.0. The van der Waals surface area contributed by atoms with Crippen LogP contribution >= 0.6 is 0 Å². The van der Waals surface area contributed by atoms with Gasteiger partial charge in [0, 0.05) is 31.7 Å². The summed E-state index contributed by atoms with van der Waals surface area (Å²) in [5.74, 6) is 1.02. The van der Waals surface area contributed by atoms with Crippen LogP contribution in [0.5, 0.6) is 0 Å². The van der Waals surface area contributed by atoms with Gasteiger partial charge in [-0.05, 0) is 45.0 Å². The number of piperazine rings is 1. The molecule has 1 aromatic heterocycles. The molecule has 1 aliphatic heterocycles. The van der Waals surface area contributed by atoms with Gasteiger partial charge in [-0.25, -0.2) is 9.78 Å². The second-order valence-corrected chi connectivity index (χ2v) is 6.66. The molecule has 1 aromatic carbocycles. The molecule has 1 saturated heterocycles. The first-order valence-corrected chi connectivity index (χ1v) is 9.12. The lowest BCUT2D eigenvalue weighted by Gasteiger charge is -2.38. The van der Waals surface area contributed by atoms with Crippen LogP contribution in [-0.4, -0.2) is 59.4 Å². The van der Waals surface area contributed by atoms with E-state index >= 15 is 0 Å². The Labute approximate surface area is 158 Å². The first-order chi connectivity index (χ1) is 12.9. The zero-order valence-electron chi connectivity index (χ0n) is 16.2. The largest absolute Gasteiger partial charge is 0.465 e. The smallest absolute Gasteiger partial charge is 0.337 e. The minimum atomic E-state index is -0.379. The van der Waals surface area contributed by atoms with Gasteiger partial charge in [-0.2, -0.15) is 0 Å². The lowest BCUT2D eigenvalue weighted by molar-refractivity contribution is -0.141. The van der Waals surface area contributed by atoms with E-state index in [9.17, 15) is 9.59 Å². The number of hydrogen-bond acceptors (Lipinski definition) is 6. The van der Waals surface area contributed by atoms with E-state index in [4.69, 9.17) is 9.15 Å². The van der Waals surface area contributed by atoms with Gasteiger partial charge >= 0.3 is 5.97 Å². The van der Waals surface area contributed by atoms with Crippen molar-refractivity contribution in [3.63, 3.8) is 0 Å². The number of oxazole rings is 1. The number of carbonyl (C=O) groups excluding carboxylic acids is 2. The Morgan fingerprint density at radius 3 is 2.63 bits per heavy atom. The number of hydrogen-bond donors (Lipinski definition) is 0. The van der Waals surface area contributed by atoms with E-state index in [2.05, 4.69) is 9.88 Å². The number of ether oxygens (including phenoxy) is 1. The monoisotopic (exact) mass is 371 g/mol. The third-order valence-electron chi connectivity index (χ3n) is 5.05. The topological polar surface area (TPSA) is 75.9 Å². The molecule has 2 aromatic rings. The zero-order valence-corrected chi connectivity index (χ0v) is 16.2. The second kappa shape index (κ2) is 7.92. The molecule has 0 N–H and O–H groups in total. The fourth-order valence-electron chi connectivity index (χ4n) is 3.26. The number of likely N-dealkylation sites (N-methyl/N-ethyl adjacent to an activating group) is 1. The van der Waals surface area contributed by atoms with Gasteiger partial charge in [-0.3, -0.25) is 9.69 Å². The molecule has 0 saturated carbocycles. The molecule has 0 radical (unpaired) electrons. The molecule has 1 atom stereocenters. The Morgan fingerprint density at radius 2 is 2.00 bits per heavy atom. The van der Waals surface area contributed by atoms with Gasteiger partial charge in [-0.15, -0.1) is 0 Å². The molecule has 27 heavy (non-hydrogen) atoms. The molecule has 3 rings (SSSR count). The molecule has 1 fully saturated rings. The highest BCUT2D eigenvalue weighted by molar-refractivity contribution is 5.89. The average molecular weight is 371 g/mol. The summed E-state index contributed by atoms with van der Waals surface area (Å²) in [6.45, 7) is 8.68. The Balaban J connectivity index is 1.75. The second-order valence-electron chi connectivity index (χ2n) is 6.66. The van der Waals surface area contributed by atoms with Crippen molar-refractivity contribution in [2.24, 2.45) is 0 Å². The fourth-order valence-corrected chi connectivity index (χ4v) is 3.26. The molecule has 0 spiro atoms. The van der Waals surface area contributed by atoms with Crippen LogP contribution in [0.25, 0.3) is 11.5 Å². The molecule has 2 heterocycles. The lowest BCUT2D eigenvalue weighted by Crippen LogP contribution is -2.55. The van der Waals surface area contributed by atoms with Crippen molar-refractivity contribution in [1.82, 2.24) is 14.8 Å². The molecule has 1 aliphatic rings. The van der Waals surface area contributed by atoms with E-state index in [1.54, 1.807) is 24.3 Å². The minimum Gasteiger partial charge on any atom is -0.465 e. The number of methoxy groups -OCH3 is 1. The van der Waals surface area contributed by atoms with Crippen LogP contribution in [-0.2, 0) is 16.1 Å². The van der Waals surface area contributed by atoms with E-state index in [1.807, 2.05) is 25.7 Å². The standard InChI is InChI=1S/C20H25N3O4/c1-5-22-10-11-23(13(2)19(22)24)12-17-14(3)27-18(21-17)15-6-8-16(9-7-15)20(25)26-4/h6-9,13H,5,10-12H2,1-4H3/t13-/m0/s1. The highest BCUT2D eigenvalue weighted by atomic mass is 16.5. The molecule has 0 bridgehead atoms. The Morgan fingerprint density at radius 1 is 1.30 bits per heavy atom. The summed E-state index contributed by atoms with van der Waals surface area (Å²) in [5.41, 5.74) is 2.09. The number of aryl methyl sites for hydroxylation is 1. The molecular formula is C20H25N3O4. The Kier molecular flexibility index (Phi) is 5.60. The average Bonchev–Trinajstić information content (AvgIpc) is 3.05. The number of esters is 1. The molecule has 0 aliphatic carbocycles. The Hall–Kier alpha value is -2.67. The number of rotatable bonds is 5. The third-order valence-corrected chi connectivity index (χ3v) is 5.05. The van der Waals surface area contributed by atoms with Crippen LogP contribution in [0.1, 0.15) is 35.7 Å². The molecular weight excluding hydrogens is 346 g/mol. The van der Waals surface area contributed by atoms with Crippen molar-refractivity contribution in [3.8, 4) is 11.5 Å². The van der Waals surface area contributed by atoms with E-state index < -0.39 is 0 Å². The molecule has 7 heteroatoms. The van der Waals surface area contributed by atoms with Gasteiger partial charge in [-0.1, -0.05) is 0 Å². The molecule has 0 unspecified atom stereocenters. The number of benzene rings is 1. The van der Waals surface area contributed by atoms with Crippen LogP contribution in [0.15, 0.2) is 28.7 Å². The van der Waals surface area contributed by atoms with Crippen LogP contribution < -0.4 is 0 Å². The number of aromatic nitrogens is 1. The van der Waals surface area contributed by atoms with E-state index in [0.717, 1.165) is 36.7 Å². The summed E-state index contributed by atoms with van der Waals surface area (Å²) in [7, 11) is 1.35. The van der Waals surface area contributed by atoms with Gasteiger partial charge in [0.25, 0.3) is 0 Å². The maximum Gasteiger partial charge on any atom is 0.337 e. The molecule has 144 valence electrons. The van der Waals surface area contributed by atoms with E-state index in [-0.39, 0.29) is 17.9 Å². The summed E-state index contributed by atoms with van der Waals surface area (Å²) >= 11 is 0. The Bertz CT molecular complexity index is 828. The van der Waals surface area contributed by atoms with E-state index in [1.165, 1.54) is 7.11 Å². The zero-order chi connectivity index (χ0) is 19.6. The summed E-state index contributed by atoms with van der Waals surface area (Å²) in [4.78, 5) is 32.6. The number of amides is 1.